The minimum atomic E-state index is -0.503. The van der Waals surface area contributed by atoms with E-state index >= 15 is 0 Å². The lowest BCUT2D eigenvalue weighted by Crippen LogP contribution is -2.17. The summed E-state index contributed by atoms with van der Waals surface area (Å²) >= 11 is 0. The molecular weight excluding hydrogens is 398 g/mol. The van der Waals surface area contributed by atoms with Gasteiger partial charge in [0.25, 0.3) is 0 Å². The van der Waals surface area contributed by atoms with Gasteiger partial charge in [-0.1, -0.05) is 26.0 Å². The van der Waals surface area contributed by atoms with Gasteiger partial charge in [-0.2, -0.15) is 10.2 Å². The van der Waals surface area contributed by atoms with Crippen molar-refractivity contribution in [2.75, 3.05) is 25.6 Å². The van der Waals surface area contributed by atoms with E-state index in [0.29, 0.717) is 37.6 Å². The van der Waals surface area contributed by atoms with E-state index in [1.807, 2.05) is 32.2 Å². The summed E-state index contributed by atoms with van der Waals surface area (Å²) in [6.45, 7) is 5.47. The summed E-state index contributed by atoms with van der Waals surface area (Å²) < 4.78 is 13.6. The Bertz CT molecular complexity index is 1070. The number of aromatic nitrogens is 4. The molecular formula is C22H27N5O4. The number of ether oxygens (including phenoxy) is 2. The van der Waals surface area contributed by atoms with Gasteiger partial charge in [-0.05, 0) is 23.6 Å². The largest absolute Gasteiger partial charge is 0.449 e. The first-order valence-corrected chi connectivity index (χ1v) is 10.1. The predicted molar refractivity (Wildman–Crippen MR) is 117 cm³/mol. The summed E-state index contributed by atoms with van der Waals surface area (Å²) in [6, 6.07) is 8.75. The van der Waals surface area contributed by atoms with Gasteiger partial charge in [0.2, 0.25) is 5.43 Å². The number of carbonyl (C=O) groups excluding carboxylic acids is 1. The molecule has 0 fully saturated rings. The molecule has 1 amide bonds. The van der Waals surface area contributed by atoms with Crippen molar-refractivity contribution in [2.45, 2.75) is 26.8 Å². The lowest BCUT2D eigenvalue weighted by atomic mass is 10.1. The van der Waals surface area contributed by atoms with Crippen LogP contribution in [-0.4, -0.2) is 46.0 Å². The summed E-state index contributed by atoms with van der Waals surface area (Å²) in [5.41, 5.74) is 2.44. The molecule has 0 radical (unpaired) electrons. The van der Waals surface area contributed by atoms with Crippen molar-refractivity contribution in [3.05, 3.63) is 70.4 Å². The number of rotatable bonds is 9. The fourth-order valence-electron chi connectivity index (χ4n) is 2.84. The Kier molecular flexibility index (Phi) is 7.55. The standard InChI is InChI=1S/C22H27N5O4/c1-16(2)15-31-22(29)24-18-6-4-5-17(11-18)12-20-21(28)7-8-27(25-20)19-13-23-26(14-19)9-10-30-3/h4-8,11,13-14,16H,9-10,12,15H2,1-3H3,(H,24,29). The summed E-state index contributed by atoms with van der Waals surface area (Å²) in [4.78, 5) is 24.3. The van der Waals surface area contributed by atoms with E-state index in [9.17, 15) is 9.59 Å². The van der Waals surface area contributed by atoms with Crippen LogP contribution < -0.4 is 10.7 Å². The van der Waals surface area contributed by atoms with Crippen LogP contribution in [0.25, 0.3) is 5.69 Å². The molecule has 0 saturated heterocycles. The highest BCUT2D eigenvalue weighted by Gasteiger charge is 2.09. The Morgan fingerprint density at radius 3 is 2.87 bits per heavy atom. The number of nitrogens with zero attached hydrogens (tertiary/aromatic N) is 4. The summed E-state index contributed by atoms with van der Waals surface area (Å²) in [5.74, 6) is 0.260. The van der Waals surface area contributed by atoms with Gasteiger partial charge in [0.15, 0.2) is 0 Å². The molecule has 31 heavy (non-hydrogen) atoms. The van der Waals surface area contributed by atoms with E-state index in [1.165, 1.54) is 6.07 Å². The molecule has 3 rings (SSSR count). The number of amides is 1. The Labute approximate surface area is 180 Å². The first kappa shape index (κ1) is 22.2. The van der Waals surface area contributed by atoms with Gasteiger partial charge in [0.1, 0.15) is 11.4 Å². The number of anilines is 1. The Hall–Kier alpha value is -3.46. The summed E-state index contributed by atoms with van der Waals surface area (Å²) in [6.07, 6.45) is 4.97. The van der Waals surface area contributed by atoms with Gasteiger partial charge in [-0.15, -0.1) is 0 Å². The van der Waals surface area contributed by atoms with Crippen molar-refractivity contribution in [1.82, 2.24) is 19.6 Å². The number of nitrogens with one attached hydrogen (secondary N) is 1. The normalized spacial score (nSPS) is 11.0. The highest BCUT2D eigenvalue weighted by molar-refractivity contribution is 5.84. The average molecular weight is 425 g/mol. The van der Waals surface area contributed by atoms with Crippen molar-refractivity contribution >= 4 is 11.8 Å². The maximum atomic E-state index is 12.4. The maximum absolute atomic E-state index is 12.4. The minimum Gasteiger partial charge on any atom is -0.449 e. The van der Waals surface area contributed by atoms with Crippen molar-refractivity contribution in [2.24, 2.45) is 5.92 Å². The third-order valence-electron chi connectivity index (χ3n) is 4.38. The van der Waals surface area contributed by atoms with E-state index in [4.69, 9.17) is 9.47 Å². The lowest BCUT2D eigenvalue weighted by molar-refractivity contribution is 0.147. The van der Waals surface area contributed by atoms with Gasteiger partial charge in [0, 0.05) is 31.5 Å². The molecule has 0 spiro atoms. The van der Waals surface area contributed by atoms with Gasteiger partial charge in [-0.25, -0.2) is 9.48 Å². The molecule has 164 valence electrons. The van der Waals surface area contributed by atoms with Crippen molar-refractivity contribution in [1.29, 1.82) is 0 Å². The van der Waals surface area contributed by atoms with E-state index in [2.05, 4.69) is 15.5 Å². The zero-order chi connectivity index (χ0) is 22.2. The highest BCUT2D eigenvalue weighted by Crippen LogP contribution is 2.14. The number of carbonyl (C=O) groups is 1. The SMILES string of the molecule is COCCn1cc(-n2ccc(=O)c(Cc3cccc(NC(=O)OCC(C)C)c3)n2)cn1. The van der Waals surface area contributed by atoms with Crippen molar-refractivity contribution in [3.8, 4) is 5.69 Å². The van der Waals surface area contributed by atoms with Crippen molar-refractivity contribution < 1.29 is 14.3 Å². The third kappa shape index (κ3) is 6.51. The van der Waals surface area contributed by atoms with Crippen LogP contribution in [0.1, 0.15) is 25.1 Å². The molecule has 0 saturated carbocycles. The number of hydrogen-bond donors (Lipinski definition) is 1. The van der Waals surface area contributed by atoms with Gasteiger partial charge in [-0.3, -0.25) is 14.8 Å². The second kappa shape index (κ2) is 10.5. The van der Waals surface area contributed by atoms with Crippen molar-refractivity contribution in [3.63, 3.8) is 0 Å². The van der Waals surface area contributed by atoms with Crippen LogP contribution in [-0.2, 0) is 22.4 Å². The molecule has 0 aliphatic rings. The van der Waals surface area contributed by atoms with Crippen LogP contribution in [0.4, 0.5) is 10.5 Å². The zero-order valence-electron chi connectivity index (χ0n) is 17.9. The molecule has 0 atom stereocenters. The first-order valence-electron chi connectivity index (χ1n) is 10.1. The smallest absolute Gasteiger partial charge is 0.411 e. The fraction of sp³-hybridized carbons (Fsp3) is 0.364. The topological polar surface area (TPSA) is 100 Å². The van der Waals surface area contributed by atoms with Crippen LogP contribution in [0.3, 0.4) is 0 Å². The Balaban J connectivity index is 1.72. The van der Waals surface area contributed by atoms with Crippen LogP contribution >= 0.6 is 0 Å². The molecule has 3 aromatic rings. The minimum absolute atomic E-state index is 0.155. The molecule has 9 heteroatoms. The number of hydrogen-bond acceptors (Lipinski definition) is 6. The number of benzene rings is 1. The van der Waals surface area contributed by atoms with Crippen LogP contribution in [0.15, 0.2) is 53.7 Å². The Morgan fingerprint density at radius 1 is 1.26 bits per heavy atom. The molecule has 0 aliphatic carbocycles. The molecule has 2 aromatic heterocycles. The maximum Gasteiger partial charge on any atom is 0.411 e. The van der Waals surface area contributed by atoms with Gasteiger partial charge in [0.05, 0.1) is 32.2 Å². The quantitative estimate of drug-likeness (QED) is 0.566. The van der Waals surface area contributed by atoms with E-state index in [1.54, 1.807) is 41.0 Å². The molecule has 0 bridgehead atoms. The number of methoxy groups -OCH3 is 1. The van der Waals surface area contributed by atoms with E-state index in [-0.39, 0.29) is 11.3 Å². The zero-order valence-corrected chi connectivity index (χ0v) is 17.9. The summed E-state index contributed by atoms with van der Waals surface area (Å²) in [7, 11) is 1.64. The highest BCUT2D eigenvalue weighted by atomic mass is 16.5. The fourth-order valence-corrected chi connectivity index (χ4v) is 2.84. The predicted octanol–water partition coefficient (Wildman–Crippen LogP) is 2.87. The van der Waals surface area contributed by atoms with Gasteiger partial charge < -0.3 is 9.47 Å². The molecule has 0 unspecified atom stereocenters. The second-order valence-corrected chi connectivity index (χ2v) is 7.52. The molecule has 1 aromatic carbocycles. The molecule has 1 N–H and O–H groups in total. The first-order chi connectivity index (χ1) is 14.9. The molecule has 9 nitrogen and oxygen atoms in total. The van der Waals surface area contributed by atoms with Crippen LogP contribution in [0, 0.1) is 5.92 Å². The third-order valence-corrected chi connectivity index (χ3v) is 4.38. The molecule has 0 aliphatic heterocycles. The van der Waals surface area contributed by atoms with E-state index in [0.717, 1.165) is 11.3 Å². The Morgan fingerprint density at radius 2 is 2.10 bits per heavy atom. The van der Waals surface area contributed by atoms with E-state index < -0.39 is 6.09 Å². The average Bonchev–Trinajstić information content (AvgIpc) is 3.21. The monoisotopic (exact) mass is 425 g/mol. The summed E-state index contributed by atoms with van der Waals surface area (Å²) in [5, 5.41) is 11.5. The van der Waals surface area contributed by atoms with Gasteiger partial charge >= 0.3 is 6.09 Å². The lowest BCUT2D eigenvalue weighted by Gasteiger charge is -2.10. The van der Waals surface area contributed by atoms with Crippen LogP contribution in [0.5, 0.6) is 0 Å². The van der Waals surface area contributed by atoms with Crippen LogP contribution in [0.2, 0.25) is 0 Å². The second-order valence-electron chi connectivity index (χ2n) is 7.52. The molecule has 2 heterocycles.